The van der Waals surface area contributed by atoms with E-state index in [4.69, 9.17) is 5.11 Å². The van der Waals surface area contributed by atoms with Crippen molar-refractivity contribution in [2.45, 2.75) is 45.2 Å². The minimum Gasteiger partial charge on any atom is -0.480 e. The van der Waals surface area contributed by atoms with Gasteiger partial charge in [0.05, 0.1) is 18.2 Å². The summed E-state index contributed by atoms with van der Waals surface area (Å²) in [7, 11) is 0. The van der Waals surface area contributed by atoms with Crippen molar-refractivity contribution in [1.82, 2.24) is 20.3 Å². The second-order valence-corrected chi connectivity index (χ2v) is 7.88. The maximum atomic E-state index is 13.3. The molecular weight excluding hydrogens is 344 g/mol. The van der Waals surface area contributed by atoms with Crippen LogP contribution >= 0.6 is 0 Å². The molecule has 0 radical (unpaired) electrons. The molecular formula is C20H24N4O3. The fraction of sp³-hybridized carbons (Fsp3) is 0.500. The molecule has 2 N–H and O–H groups in total. The van der Waals surface area contributed by atoms with Crippen molar-refractivity contribution < 1.29 is 14.7 Å². The molecule has 7 heteroatoms. The number of carbonyl (C=O) groups is 2. The van der Waals surface area contributed by atoms with Gasteiger partial charge in [-0.15, -0.1) is 5.10 Å². The van der Waals surface area contributed by atoms with Gasteiger partial charge in [-0.1, -0.05) is 42.0 Å². The number of aliphatic carboxylic acids is 1. The molecule has 1 aromatic carbocycles. The van der Waals surface area contributed by atoms with Crippen LogP contribution in [0.2, 0.25) is 0 Å². The third-order valence-electron chi connectivity index (χ3n) is 6.10. The van der Waals surface area contributed by atoms with Crippen LogP contribution in [0.25, 0.3) is 0 Å². The van der Waals surface area contributed by atoms with Gasteiger partial charge < -0.3 is 10.4 Å². The number of benzene rings is 1. The summed E-state index contributed by atoms with van der Waals surface area (Å²) in [6, 6.07) is 10.2. The quantitative estimate of drug-likeness (QED) is 0.779. The summed E-state index contributed by atoms with van der Waals surface area (Å²) in [5.41, 5.74) is 1.43. The van der Waals surface area contributed by atoms with Gasteiger partial charge in [0.2, 0.25) is 5.91 Å². The van der Waals surface area contributed by atoms with Crippen molar-refractivity contribution in [3.8, 4) is 0 Å². The zero-order valence-electron chi connectivity index (χ0n) is 15.2. The normalized spacial score (nSPS) is 26.2. The van der Waals surface area contributed by atoms with Gasteiger partial charge in [-0.2, -0.15) is 0 Å². The summed E-state index contributed by atoms with van der Waals surface area (Å²) < 4.78 is 1.26. The van der Waals surface area contributed by atoms with Crippen LogP contribution in [0.5, 0.6) is 0 Å². The number of aromatic nitrogens is 3. The summed E-state index contributed by atoms with van der Waals surface area (Å²) in [5, 5.41) is 19.6. The average Bonchev–Trinajstić information content (AvgIpc) is 3.36. The third-order valence-corrected chi connectivity index (χ3v) is 6.10. The lowest BCUT2D eigenvalue weighted by molar-refractivity contribution is -0.138. The first-order valence-electron chi connectivity index (χ1n) is 9.48. The number of amides is 1. The van der Waals surface area contributed by atoms with E-state index in [9.17, 15) is 9.59 Å². The molecule has 142 valence electrons. The molecule has 2 bridgehead atoms. The molecule has 2 fully saturated rings. The van der Waals surface area contributed by atoms with E-state index in [1.54, 1.807) is 6.20 Å². The Bertz CT molecular complexity index is 835. The Morgan fingerprint density at radius 2 is 2.07 bits per heavy atom. The number of carboxylic acids is 1. The fourth-order valence-electron chi connectivity index (χ4n) is 4.96. The van der Waals surface area contributed by atoms with Gasteiger partial charge in [-0.3, -0.25) is 9.59 Å². The van der Waals surface area contributed by atoms with E-state index in [1.807, 2.05) is 18.2 Å². The first-order chi connectivity index (χ1) is 13.0. The Morgan fingerprint density at radius 1 is 1.26 bits per heavy atom. The summed E-state index contributed by atoms with van der Waals surface area (Å²) in [4.78, 5) is 24.0. The highest BCUT2D eigenvalue weighted by Gasteiger charge is 2.55. The van der Waals surface area contributed by atoms with E-state index in [2.05, 4.69) is 27.8 Å². The standard InChI is InChI=1S/C20H24N4O3/c25-18(26)13-24-12-17(22-23-24)11-21-19(27)20(9-14-4-2-1-3-5-14)10-15-6-7-16(20)8-15/h1-5,12,15-16H,6-11,13H2,(H,21,27)(H,25,26). The van der Waals surface area contributed by atoms with E-state index < -0.39 is 5.97 Å². The molecule has 2 aromatic rings. The van der Waals surface area contributed by atoms with Gasteiger partial charge in [-0.05, 0) is 43.1 Å². The molecule has 0 saturated heterocycles. The molecule has 3 unspecified atom stereocenters. The van der Waals surface area contributed by atoms with E-state index in [-0.39, 0.29) is 24.4 Å². The summed E-state index contributed by atoms with van der Waals surface area (Å²) in [5.74, 6) is 0.205. The monoisotopic (exact) mass is 368 g/mol. The molecule has 1 heterocycles. The molecule has 1 aromatic heterocycles. The molecule has 1 amide bonds. The van der Waals surface area contributed by atoms with Crippen LogP contribution in [0.4, 0.5) is 0 Å². The van der Waals surface area contributed by atoms with Gasteiger partial charge >= 0.3 is 5.97 Å². The highest BCUT2D eigenvalue weighted by Crippen LogP contribution is 2.57. The van der Waals surface area contributed by atoms with Gasteiger partial charge in [0.15, 0.2) is 0 Å². The van der Waals surface area contributed by atoms with Crippen molar-refractivity contribution in [3.63, 3.8) is 0 Å². The lowest BCUT2D eigenvalue weighted by Crippen LogP contribution is -2.45. The topological polar surface area (TPSA) is 97.1 Å². The van der Waals surface area contributed by atoms with Crippen LogP contribution in [0.1, 0.15) is 36.9 Å². The zero-order chi connectivity index (χ0) is 18.9. The molecule has 27 heavy (non-hydrogen) atoms. The Balaban J connectivity index is 1.47. The van der Waals surface area contributed by atoms with Crippen LogP contribution in [0.15, 0.2) is 36.5 Å². The Morgan fingerprint density at radius 3 is 2.74 bits per heavy atom. The van der Waals surface area contributed by atoms with Gasteiger partial charge in [-0.25, -0.2) is 4.68 Å². The molecule has 0 spiro atoms. The summed E-state index contributed by atoms with van der Waals surface area (Å²) in [6.45, 7) is 0.0367. The largest absolute Gasteiger partial charge is 0.480 e. The van der Waals surface area contributed by atoms with Crippen molar-refractivity contribution in [2.75, 3.05) is 0 Å². The van der Waals surface area contributed by atoms with Crippen molar-refractivity contribution in [1.29, 1.82) is 0 Å². The number of nitrogens with one attached hydrogen (secondary N) is 1. The Hall–Kier alpha value is -2.70. The van der Waals surface area contributed by atoms with Crippen molar-refractivity contribution in [3.05, 3.63) is 47.8 Å². The van der Waals surface area contributed by atoms with E-state index in [0.29, 0.717) is 17.5 Å². The Labute approximate surface area is 157 Å². The van der Waals surface area contributed by atoms with Gasteiger partial charge in [0, 0.05) is 0 Å². The number of carbonyl (C=O) groups excluding carboxylic acids is 1. The van der Waals surface area contributed by atoms with Crippen LogP contribution in [0.3, 0.4) is 0 Å². The van der Waals surface area contributed by atoms with Crippen LogP contribution < -0.4 is 5.32 Å². The van der Waals surface area contributed by atoms with E-state index >= 15 is 0 Å². The smallest absolute Gasteiger partial charge is 0.325 e. The highest BCUT2D eigenvalue weighted by atomic mass is 16.4. The second kappa shape index (κ2) is 7.13. The number of carboxylic acid groups (broad SMARTS) is 1. The first kappa shape index (κ1) is 17.7. The Kier molecular flexibility index (Phi) is 4.68. The zero-order valence-corrected chi connectivity index (χ0v) is 15.2. The molecule has 2 aliphatic carbocycles. The van der Waals surface area contributed by atoms with E-state index in [1.165, 1.54) is 16.7 Å². The lowest BCUT2D eigenvalue weighted by Gasteiger charge is -2.36. The number of rotatable bonds is 7. The van der Waals surface area contributed by atoms with Crippen LogP contribution in [-0.4, -0.2) is 32.0 Å². The van der Waals surface area contributed by atoms with Crippen LogP contribution in [-0.2, 0) is 29.1 Å². The highest BCUT2D eigenvalue weighted by molar-refractivity contribution is 5.84. The molecule has 4 rings (SSSR count). The molecule has 2 aliphatic rings. The van der Waals surface area contributed by atoms with Crippen molar-refractivity contribution >= 4 is 11.9 Å². The maximum Gasteiger partial charge on any atom is 0.325 e. The number of nitrogens with zero attached hydrogens (tertiary/aromatic N) is 3. The number of hydrogen-bond acceptors (Lipinski definition) is 4. The molecule has 0 aliphatic heterocycles. The second-order valence-electron chi connectivity index (χ2n) is 7.88. The third kappa shape index (κ3) is 3.59. The number of fused-ring (bicyclic) bond motifs is 2. The predicted octanol–water partition coefficient (Wildman–Crippen LogP) is 2.03. The maximum absolute atomic E-state index is 13.3. The molecule has 7 nitrogen and oxygen atoms in total. The predicted molar refractivity (Wildman–Crippen MR) is 97.5 cm³/mol. The van der Waals surface area contributed by atoms with E-state index in [0.717, 1.165) is 25.7 Å². The van der Waals surface area contributed by atoms with Crippen molar-refractivity contribution in [2.24, 2.45) is 17.3 Å². The van der Waals surface area contributed by atoms with Crippen LogP contribution in [0, 0.1) is 17.3 Å². The number of hydrogen-bond donors (Lipinski definition) is 2. The lowest BCUT2D eigenvalue weighted by atomic mass is 9.68. The minimum atomic E-state index is -0.973. The molecule has 3 atom stereocenters. The summed E-state index contributed by atoms with van der Waals surface area (Å²) in [6.07, 6.45) is 6.79. The summed E-state index contributed by atoms with van der Waals surface area (Å²) >= 11 is 0. The first-order valence-corrected chi connectivity index (χ1v) is 9.48. The minimum absolute atomic E-state index is 0.0892. The molecule has 2 saturated carbocycles. The SMILES string of the molecule is O=C(O)Cn1cc(CNC(=O)C2(Cc3ccccc3)CC3CCC2C3)nn1. The fourth-order valence-corrected chi connectivity index (χ4v) is 4.96. The van der Waals surface area contributed by atoms with Gasteiger partial charge in [0.25, 0.3) is 0 Å². The van der Waals surface area contributed by atoms with Gasteiger partial charge in [0.1, 0.15) is 12.2 Å². The average molecular weight is 368 g/mol.